The Kier molecular flexibility index (Phi) is 5.91. The highest BCUT2D eigenvalue weighted by atomic mass is 19.1. The van der Waals surface area contributed by atoms with E-state index >= 15 is 0 Å². The molecular weight excluding hydrogens is 295 g/mol. The molecule has 2 aromatic rings. The summed E-state index contributed by atoms with van der Waals surface area (Å²) in [5.41, 5.74) is 1.74. The summed E-state index contributed by atoms with van der Waals surface area (Å²) in [6, 6.07) is 12.1. The molecule has 0 atom stereocenters. The van der Waals surface area contributed by atoms with E-state index in [2.05, 4.69) is 15.3 Å². The van der Waals surface area contributed by atoms with E-state index < -0.39 is 0 Å². The van der Waals surface area contributed by atoms with Gasteiger partial charge in [0.2, 0.25) is 5.88 Å². The summed E-state index contributed by atoms with van der Waals surface area (Å²) in [4.78, 5) is 10.5. The average Bonchev–Trinajstić information content (AvgIpc) is 2.55. The lowest BCUT2D eigenvalue weighted by atomic mass is 10.2. The van der Waals surface area contributed by atoms with Gasteiger partial charge in [-0.05, 0) is 23.8 Å². The molecule has 0 aliphatic carbocycles. The molecule has 23 heavy (non-hydrogen) atoms. The molecule has 1 N–H and O–H groups in total. The summed E-state index contributed by atoms with van der Waals surface area (Å²) in [5, 5.41) is 3.24. The van der Waals surface area contributed by atoms with Crippen LogP contribution in [-0.2, 0) is 13.1 Å². The molecule has 1 heterocycles. The van der Waals surface area contributed by atoms with Crippen LogP contribution in [0.15, 0.2) is 47.5 Å². The van der Waals surface area contributed by atoms with Crippen LogP contribution in [-0.4, -0.2) is 37.0 Å². The molecule has 1 aromatic carbocycles. The summed E-state index contributed by atoms with van der Waals surface area (Å²) in [6.45, 7) is 1.08. The molecule has 0 fully saturated rings. The molecule has 0 aliphatic heterocycles. The molecular formula is C17H21FN4O. The van der Waals surface area contributed by atoms with E-state index in [0.717, 1.165) is 11.3 Å². The SMILES string of the molecule is CN=C(NCc1cccc(OC)n1)N(C)Cc1cccc(F)c1. The van der Waals surface area contributed by atoms with Crippen LogP contribution in [0.25, 0.3) is 0 Å². The summed E-state index contributed by atoms with van der Waals surface area (Å²) in [7, 11) is 5.20. The smallest absolute Gasteiger partial charge is 0.213 e. The number of nitrogens with zero attached hydrogens (tertiary/aromatic N) is 3. The Morgan fingerprint density at radius 3 is 2.78 bits per heavy atom. The molecule has 0 amide bonds. The number of rotatable bonds is 5. The lowest BCUT2D eigenvalue weighted by Crippen LogP contribution is -2.38. The highest BCUT2D eigenvalue weighted by Gasteiger charge is 2.08. The van der Waals surface area contributed by atoms with Gasteiger partial charge in [-0.2, -0.15) is 0 Å². The number of aliphatic imine (C=N–C) groups is 1. The van der Waals surface area contributed by atoms with Gasteiger partial charge in [-0.1, -0.05) is 18.2 Å². The molecule has 0 spiro atoms. The number of methoxy groups -OCH3 is 1. The number of hydrogen-bond acceptors (Lipinski definition) is 3. The van der Waals surface area contributed by atoms with E-state index in [1.807, 2.05) is 30.1 Å². The fraction of sp³-hybridized carbons (Fsp3) is 0.294. The first-order chi connectivity index (χ1) is 11.1. The highest BCUT2D eigenvalue weighted by molar-refractivity contribution is 5.79. The van der Waals surface area contributed by atoms with Crippen LogP contribution in [0.3, 0.4) is 0 Å². The largest absolute Gasteiger partial charge is 0.481 e. The number of halogens is 1. The monoisotopic (exact) mass is 316 g/mol. The van der Waals surface area contributed by atoms with Crippen molar-refractivity contribution in [1.29, 1.82) is 0 Å². The van der Waals surface area contributed by atoms with Gasteiger partial charge in [0.25, 0.3) is 0 Å². The Hall–Kier alpha value is -2.63. The summed E-state index contributed by atoms with van der Waals surface area (Å²) < 4.78 is 18.4. The fourth-order valence-electron chi connectivity index (χ4n) is 2.21. The highest BCUT2D eigenvalue weighted by Crippen LogP contribution is 2.08. The van der Waals surface area contributed by atoms with Crippen LogP contribution in [0.5, 0.6) is 5.88 Å². The molecule has 0 radical (unpaired) electrons. The van der Waals surface area contributed by atoms with E-state index in [1.54, 1.807) is 26.3 Å². The second-order valence-electron chi connectivity index (χ2n) is 5.06. The summed E-state index contributed by atoms with van der Waals surface area (Å²) in [5.74, 6) is 1.05. The second-order valence-corrected chi connectivity index (χ2v) is 5.06. The van der Waals surface area contributed by atoms with Crippen molar-refractivity contribution in [2.45, 2.75) is 13.1 Å². The Labute approximate surface area is 135 Å². The third-order valence-electron chi connectivity index (χ3n) is 3.30. The Balaban J connectivity index is 1.96. The van der Waals surface area contributed by atoms with Crippen LogP contribution in [0, 0.1) is 5.82 Å². The fourth-order valence-corrected chi connectivity index (χ4v) is 2.21. The first kappa shape index (κ1) is 16.7. The van der Waals surface area contributed by atoms with E-state index in [1.165, 1.54) is 12.1 Å². The predicted octanol–water partition coefficient (Wildman–Crippen LogP) is 2.44. The molecule has 0 bridgehead atoms. The van der Waals surface area contributed by atoms with Gasteiger partial charge < -0.3 is 15.0 Å². The minimum Gasteiger partial charge on any atom is -0.481 e. The van der Waals surface area contributed by atoms with Gasteiger partial charge in [0, 0.05) is 26.7 Å². The quantitative estimate of drug-likeness (QED) is 0.680. The van der Waals surface area contributed by atoms with Gasteiger partial charge >= 0.3 is 0 Å². The number of pyridine rings is 1. The topological polar surface area (TPSA) is 49.8 Å². The van der Waals surface area contributed by atoms with Gasteiger partial charge in [0.15, 0.2) is 5.96 Å². The second kappa shape index (κ2) is 8.12. The number of ether oxygens (including phenoxy) is 1. The van der Waals surface area contributed by atoms with Gasteiger partial charge in [0.05, 0.1) is 19.3 Å². The number of guanidine groups is 1. The standard InChI is InChI=1S/C17H21FN4O/c1-19-17(20-11-15-8-5-9-16(21-15)23-3)22(2)12-13-6-4-7-14(18)10-13/h4-10H,11-12H2,1-3H3,(H,19,20). The van der Waals surface area contributed by atoms with E-state index in [-0.39, 0.29) is 5.82 Å². The zero-order chi connectivity index (χ0) is 16.7. The molecule has 0 saturated heterocycles. The van der Waals surface area contributed by atoms with Crippen molar-refractivity contribution in [3.8, 4) is 5.88 Å². The molecule has 6 heteroatoms. The normalized spacial score (nSPS) is 11.2. The first-order valence-electron chi connectivity index (χ1n) is 7.28. The van der Waals surface area contributed by atoms with Crippen molar-refractivity contribution in [2.75, 3.05) is 21.2 Å². The summed E-state index contributed by atoms with van der Waals surface area (Å²) >= 11 is 0. The Morgan fingerprint density at radius 2 is 2.09 bits per heavy atom. The lowest BCUT2D eigenvalue weighted by molar-refractivity contribution is 0.396. The number of nitrogens with one attached hydrogen (secondary N) is 1. The maximum atomic E-state index is 13.3. The van der Waals surface area contributed by atoms with Crippen molar-refractivity contribution < 1.29 is 9.13 Å². The minimum atomic E-state index is -0.237. The van der Waals surface area contributed by atoms with Crippen molar-refractivity contribution in [2.24, 2.45) is 4.99 Å². The number of hydrogen-bond donors (Lipinski definition) is 1. The lowest BCUT2D eigenvalue weighted by Gasteiger charge is -2.22. The first-order valence-corrected chi connectivity index (χ1v) is 7.28. The van der Waals surface area contributed by atoms with Crippen LogP contribution < -0.4 is 10.1 Å². The van der Waals surface area contributed by atoms with Crippen molar-refractivity contribution in [3.63, 3.8) is 0 Å². The number of benzene rings is 1. The van der Waals surface area contributed by atoms with Crippen molar-refractivity contribution >= 4 is 5.96 Å². The predicted molar refractivity (Wildman–Crippen MR) is 88.9 cm³/mol. The Morgan fingerprint density at radius 1 is 1.30 bits per heavy atom. The van der Waals surface area contributed by atoms with Crippen LogP contribution >= 0.6 is 0 Å². The average molecular weight is 316 g/mol. The van der Waals surface area contributed by atoms with Gasteiger partial charge in [0.1, 0.15) is 5.82 Å². The third kappa shape index (κ3) is 4.95. The van der Waals surface area contributed by atoms with E-state index in [9.17, 15) is 4.39 Å². The zero-order valence-corrected chi connectivity index (χ0v) is 13.6. The van der Waals surface area contributed by atoms with Gasteiger partial charge in [-0.3, -0.25) is 4.99 Å². The Bertz CT molecular complexity index is 675. The molecule has 1 aromatic heterocycles. The molecule has 5 nitrogen and oxygen atoms in total. The van der Waals surface area contributed by atoms with Crippen LogP contribution in [0.1, 0.15) is 11.3 Å². The minimum absolute atomic E-state index is 0.237. The van der Waals surface area contributed by atoms with Crippen molar-refractivity contribution in [1.82, 2.24) is 15.2 Å². The zero-order valence-electron chi connectivity index (χ0n) is 13.6. The molecule has 0 unspecified atom stereocenters. The maximum absolute atomic E-state index is 13.3. The van der Waals surface area contributed by atoms with Crippen LogP contribution in [0.2, 0.25) is 0 Å². The van der Waals surface area contributed by atoms with Gasteiger partial charge in [-0.25, -0.2) is 9.37 Å². The molecule has 0 aliphatic rings. The number of aromatic nitrogens is 1. The van der Waals surface area contributed by atoms with E-state index in [0.29, 0.717) is 24.9 Å². The maximum Gasteiger partial charge on any atom is 0.213 e. The third-order valence-corrected chi connectivity index (χ3v) is 3.30. The van der Waals surface area contributed by atoms with Crippen molar-refractivity contribution in [3.05, 3.63) is 59.5 Å². The van der Waals surface area contributed by atoms with Gasteiger partial charge in [-0.15, -0.1) is 0 Å². The van der Waals surface area contributed by atoms with Crippen LogP contribution in [0.4, 0.5) is 4.39 Å². The molecule has 122 valence electrons. The molecule has 2 rings (SSSR count). The summed E-state index contributed by atoms with van der Waals surface area (Å²) in [6.07, 6.45) is 0. The molecule has 0 saturated carbocycles. The van der Waals surface area contributed by atoms with E-state index in [4.69, 9.17) is 4.74 Å².